The highest BCUT2D eigenvalue weighted by Crippen LogP contribution is 2.38. The van der Waals surface area contributed by atoms with E-state index in [9.17, 15) is 53.4 Å². The number of benzene rings is 2. The number of esters is 5. The molecule has 2 aliphatic rings. The van der Waals surface area contributed by atoms with Crippen LogP contribution in [0.15, 0.2) is 36.4 Å². The number of ether oxygens (including phenoxy) is 5. The number of phenols is 2. The lowest BCUT2D eigenvalue weighted by Gasteiger charge is -2.37. The van der Waals surface area contributed by atoms with Crippen LogP contribution in [0.25, 0.3) is 17.1 Å². The highest BCUT2D eigenvalue weighted by atomic mass is 16.6. The minimum Gasteiger partial charge on any atom is -0.508 e. The molecule has 0 spiro atoms. The maximum atomic E-state index is 14.6. The first-order valence-electron chi connectivity index (χ1n) is 34.7. The van der Waals surface area contributed by atoms with E-state index >= 15 is 0 Å². The molecule has 2 aromatic carbocycles. The van der Waals surface area contributed by atoms with Gasteiger partial charge in [-0.3, -0.25) is 67.3 Å². The number of amides is 4. The summed E-state index contributed by atoms with van der Waals surface area (Å²) in [7, 11) is 0. The van der Waals surface area contributed by atoms with Crippen molar-refractivity contribution in [2.75, 3.05) is 98.2 Å². The second-order valence-corrected chi connectivity index (χ2v) is 31.0. The summed E-state index contributed by atoms with van der Waals surface area (Å²) in [5.74, 6) is -4.72. The summed E-state index contributed by atoms with van der Waals surface area (Å²) < 4.78 is 30.4. The minimum absolute atomic E-state index is 0.0149. The number of carbonyl (C=O) groups excluding carboxylic acids is 9. The van der Waals surface area contributed by atoms with Gasteiger partial charge in [0, 0.05) is 96.6 Å². The number of hydrogen-bond donors (Lipinski definition) is 5. The first-order valence-corrected chi connectivity index (χ1v) is 34.7. The molecule has 99 heavy (non-hydrogen) atoms. The second-order valence-electron chi connectivity index (χ2n) is 31.0. The fraction of sp³-hybridized carbons (Fsp3) is 0.681. The summed E-state index contributed by atoms with van der Waals surface area (Å²) in [4.78, 5) is 133. The number of hydrogen-bond acceptors (Lipinski definition) is 22. The molecule has 552 valence electrons. The Morgan fingerprint density at radius 3 is 1.51 bits per heavy atom. The summed E-state index contributed by atoms with van der Waals surface area (Å²) in [6, 6.07) is 8.12. The van der Waals surface area contributed by atoms with Crippen LogP contribution in [0, 0.1) is 5.92 Å². The fourth-order valence-corrected chi connectivity index (χ4v) is 11.5. The van der Waals surface area contributed by atoms with Crippen LogP contribution in [0.4, 0.5) is 0 Å². The van der Waals surface area contributed by atoms with Gasteiger partial charge in [0.25, 0.3) is 5.91 Å². The summed E-state index contributed by atoms with van der Waals surface area (Å²) in [6.07, 6.45) is 1.17. The van der Waals surface area contributed by atoms with Gasteiger partial charge in [-0.25, -0.2) is 0 Å². The van der Waals surface area contributed by atoms with Crippen LogP contribution < -0.4 is 16.0 Å². The molecule has 5 rings (SSSR count). The van der Waals surface area contributed by atoms with Gasteiger partial charge >= 0.3 is 29.8 Å². The molecule has 5 N–H and O–H groups in total. The van der Waals surface area contributed by atoms with Crippen molar-refractivity contribution in [3.05, 3.63) is 53.3 Å². The minimum atomic E-state index is -1.30. The lowest BCUT2D eigenvalue weighted by atomic mass is 9.90. The molecule has 27 nitrogen and oxygen atoms in total. The Morgan fingerprint density at radius 2 is 1.04 bits per heavy atom. The number of piperidine rings is 1. The number of rotatable bonds is 25. The Balaban J connectivity index is 1.32. The summed E-state index contributed by atoms with van der Waals surface area (Å²) in [5.41, 5.74) is -1.66. The summed E-state index contributed by atoms with van der Waals surface area (Å²) in [5, 5.41) is 38.4. The van der Waals surface area contributed by atoms with Crippen molar-refractivity contribution >= 4 is 53.5 Å². The predicted molar refractivity (Wildman–Crippen MR) is 373 cm³/mol. The molecule has 4 amide bonds. The molecule has 0 radical (unpaired) electrons. The van der Waals surface area contributed by atoms with Crippen LogP contribution in [0.3, 0.4) is 0 Å². The first-order chi connectivity index (χ1) is 45.9. The number of aromatic hydroxyl groups is 2. The zero-order valence-electron chi connectivity index (χ0n) is 62.0. The van der Waals surface area contributed by atoms with Gasteiger partial charge in [0.1, 0.15) is 51.6 Å². The Morgan fingerprint density at radius 1 is 0.566 bits per heavy atom. The lowest BCUT2D eigenvalue weighted by Crippen LogP contribution is -2.53. The van der Waals surface area contributed by atoms with E-state index in [0.29, 0.717) is 68.8 Å². The third-order valence-electron chi connectivity index (χ3n) is 16.0. The van der Waals surface area contributed by atoms with E-state index in [-0.39, 0.29) is 132 Å². The van der Waals surface area contributed by atoms with Crippen LogP contribution in [-0.4, -0.2) is 241 Å². The van der Waals surface area contributed by atoms with E-state index in [2.05, 4.69) is 26.1 Å². The number of likely N-dealkylation sites (tertiary alicyclic amines) is 1. The molecule has 0 unspecified atom stereocenters. The van der Waals surface area contributed by atoms with Crippen LogP contribution >= 0.6 is 0 Å². The molecule has 2 atom stereocenters. The average molecular weight is 1390 g/mol. The Hall–Kier alpha value is -7.75. The van der Waals surface area contributed by atoms with Gasteiger partial charge in [-0.15, -0.1) is 10.2 Å². The molecule has 2 aliphatic heterocycles. The molecule has 3 heterocycles. The number of nitrogens with zero attached hydrogens (tertiary/aromatic N) is 8. The van der Waals surface area contributed by atoms with Gasteiger partial charge in [0.05, 0.1) is 31.7 Å². The van der Waals surface area contributed by atoms with Crippen LogP contribution in [0.1, 0.15) is 191 Å². The van der Waals surface area contributed by atoms with Crippen molar-refractivity contribution in [2.24, 2.45) is 5.92 Å². The number of carbonyl (C=O) groups is 9. The van der Waals surface area contributed by atoms with Gasteiger partial charge in [-0.1, -0.05) is 26.0 Å². The van der Waals surface area contributed by atoms with Crippen molar-refractivity contribution in [1.82, 2.24) is 55.2 Å². The molecule has 2 saturated heterocycles. The van der Waals surface area contributed by atoms with Crippen LogP contribution in [-0.2, 0) is 68.5 Å². The SMILES string of the molecule is CCNC(=O)c1nnc(-c2cc(C(C)C)c(O)cc2O)n1-c1ccc(CC2CCN(C(=O)CNC(=O)[C@H](CCC(=O)OC(C)(C)C)NC(=O)CC[C@H](C(=O)OC(C)(C)C)N3CCN(CC(=O)OC(C)(C)C)CCN(CC(=O)OC(C)(C)C)CCN(CC(=O)OC(C)(C)C)CC3)CC2)cc1. The molecule has 0 aliphatic carbocycles. The number of aromatic nitrogens is 3. The fourth-order valence-electron chi connectivity index (χ4n) is 11.5. The molecule has 1 aromatic heterocycles. The van der Waals surface area contributed by atoms with Crippen LogP contribution in [0.5, 0.6) is 11.5 Å². The van der Waals surface area contributed by atoms with E-state index in [0.717, 1.165) is 5.56 Å². The average Bonchev–Trinajstić information content (AvgIpc) is 1.67. The van der Waals surface area contributed by atoms with E-state index in [1.807, 2.05) is 57.7 Å². The van der Waals surface area contributed by atoms with Crippen LogP contribution in [0.2, 0.25) is 0 Å². The Labute approximate surface area is 585 Å². The normalized spacial score (nSPS) is 16.3. The van der Waals surface area contributed by atoms with Gasteiger partial charge in [0.2, 0.25) is 23.5 Å². The molecular formula is C72H113N11O16. The third kappa shape index (κ3) is 28.8. The highest BCUT2D eigenvalue weighted by molar-refractivity contribution is 5.93. The number of nitrogens with one attached hydrogen (secondary N) is 3. The van der Waals surface area contributed by atoms with E-state index < -0.39 is 87.7 Å². The second kappa shape index (κ2) is 36.0. The van der Waals surface area contributed by atoms with Gasteiger partial charge < -0.3 is 54.7 Å². The van der Waals surface area contributed by atoms with Crippen molar-refractivity contribution in [1.29, 1.82) is 0 Å². The van der Waals surface area contributed by atoms with Crippen molar-refractivity contribution in [3.63, 3.8) is 0 Å². The maximum absolute atomic E-state index is 14.6. The quantitative estimate of drug-likeness (QED) is 0.0449. The molecular weight excluding hydrogens is 1270 g/mol. The molecule has 3 aromatic rings. The Bertz CT molecular complexity index is 3190. The monoisotopic (exact) mass is 1390 g/mol. The van der Waals surface area contributed by atoms with E-state index in [1.165, 1.54) is 6.07 Å². The molecule has 27 heteroatoms. The first kappa shape index (κ1) is 81.9. The van der Waals surface area contributed by atoms with Gasteiger partial charge in [0.15, 0.2) is 5.82 Å². The number of phenolic OH excluding ortho intramolecular Hbond substituents is 2. The van der Waals surface area contributed by atoms with Crippen molar-refractivity contribution in [2.45, 2.75) is 216 Å². The zero-order chi connectivity index (χ0) is 74.0. The maximum Gasteiger partial charge on any atom is 0.323 e. The predicted octanol–water partition coefficient (Wildman–Crippen LogP) is 6.46. The Kier molecular flexibility index (Phi) is 29.8. The topological polar surface area (TPSA) is 323 Å². The van der Waals surface area contributed by atoms with Gasteiger partial charge in [-0.2, -0.15) is 0 Å². The van der Waals surface area contributed by atoms with Crippen molar-refractivity contribution in [3.8, 4) is 28.6 Å². The van der Waals surface area contributed by atoms with Gasteiger partial charge in [-0.05, 0) is 184 Å². The summed E-state index contributed by atoms with van der Waals surface area (Å²) >= 11 is 0. The lowest BCUT2D eigenvalue weighted by molar-refractivity contribution is -0.163. The molecule has 0 saturated carbocycles. The highest BCUT2D eigenvalue weighted by Gasteiger charge is 2.35. The standard InChI is InChI=1S/C72H113N11O16/c1-19-73-66(93)64-77-76-63(52-41-51(47(2)3)55(84)42-56(52)85)83(64)50-22-20-48(21-23-50)40-49-28-30-82(31-29-49)58(87)43-74-65(92)53(24-27-59(88)95-68(4,5)6)75-57(86)26-25-54(67(94)99-72(16,17)18)81-38-36-79(45-61(90)97-70(10,11)12)34-32-78(44-60(89)96-69(7,8)9)33-35-80(37-39-81)46-62(91)98-71(13,14)15/h20-23,41-42,47,49,53-54,84-85H,19,24-40,43-46H2,1-18H3,(H,73,93)(H,74,92)(H,75,86)/t53-,54+/m0/s1. The van der Waals surface area contributed by atoms with E-state index in [1.54, 1.807) is 126 Å². The molecule has 0 bridgehead atoms. The third-order valence-corrected chi connectivity index (χ3v) is 16.0. The largest absolute Gasteiger partial charge is 0.508 e. The smallest absolute Gasteiger partial charge is 0.323 e. The summed E-state index contributed by atoms with van der Waals surface area (Å²) in [6.45, 7) is 34.3. The van der Waals surface area contributed by atoms with E-state index in [4.69, 9.17) is 23.7 Å². The zero-order valence-corrected chi connectivity index (χ0v) is 62.0. The van der Waals surface area contributed by atoms with Crippen molar-refractivity contribution < 1.29 is 77.0 Å². The molecule has 2 fully saturated rings.